The molecule has 0 aromatic rings. The monoisotopic (exact) mass is 107 g/mol. The smallest absolute Gasteiger partial charge is 0.209 e. The summed E-state index contributed by atoms with van der Waals surface area (Å²) in [4.78, 5) is 0. The highest BCUT2D eigenvalue weighted by molar-refractivity contribution is 7.89. The lowest BCUT2D eigenvalue weighted by molar-refractivity contribution is 0.600. The fraction of sp³-hybridized carbons (Fsp3) is 0.500. The Morgan fingerprint density at radius 1 is 1.67 bits per heavy atom. The highest BCUT2D eigenvalue weighted by Crippen LogP contribution is 1.67. The summed E-state index contributed by atoms with van der Waals surface area (Å²) in [7, 11) is -3.38. The topological polar surface area (TPSA) is 60.2 Å². The van der Waals surface area contributed by atoms with E-state index >= 15 is 0 Å². The van der Waals surface area contributed by atoms with Crippen molar-refractivity contribution in [2.24, 2.45) is 5.14 Å². The number of rotatable bonds is 1. The lowest BCUT2D eigenvalue weighted by Crippen LogP contribution is -2.13. The molecule has 0 aromatic carbocycles. The zero-order valence-corrected chi connectivity index (χ0v) is 3.90. The second-order valence-corrected chi connectivity index (χ2v) is 2.49. The van der Waals surface area contributed by atoms with Crippen molar-refractivity contribution in [1.29, 1.82) is 0 Å². The lowest BCUT2D eigenvalue weighted by Gasteiger charge is -1.81. The molecule has 0 bridgehead atoms. The normalized spacial score (nSPS) is 11.7. The molecule has 3 nitrogen and oxygen atoms in total. The lowest BCUT2D eigenvalue weighted by atomic mass is 11.0. The van der Waals surface area contributed by atoms with Crippen molar-refractivity contribution in [2.75, 3.05) is 5.75 Å². The van der Waals surface area contributed by atoms with Gasteiger partial charge in [-0.3, -0.25) is 0 Å². The van der Waals surface area contributed by atoms with E-state index in [2.05, 4.69) is 12.1 Å². The minimum absolute atomic E-state index is 0.479. The van der Waals surface area contributed by atoms with Gasteiger partial charge in [0.15, 0.2) is 0 Å². The highest BCUT2D eigenvalue weighted by atomic mass is 32.2. The van der Waals surface area contributed by atoms with Crippen molar-refractivity contribution >= 4 is 10.0 Å². The van der Waals surface area contributed by atoms with Crippen LogP contribution in [-0.4, -0.2) is 14.2 Å². The molecule has 0 spiro atoms. The predicted octanol–water partition coefficient (Wildman–Crippen LogP) is -1.01. The van der Waals surface area contributed by atoms with Crippen molar-refractivity contribution in [3.8, 4) is 0 Å². The second kappa shape index (κ2) is 1.57. The van der Waals surface area contributed by atoms with Crippen LogP contribution in [0.15, 0.2) is 0 Å². The Morgan fingerprint density at radius 3 is 1.83 bits per heavy atom. The van der Waals surface area contributed by atoms with Crippen LogP contribution in [0.3, 0.4) is 0 Å². The van der Waals surface area contributed by atoms with Crippen LogP contribution in [0, 0.1) is 6.92 Å². The molecule has 0 rings (SSSR count). The zero-order valence-electron chi connectivity index (χ0n) is 3.09. The van der Waals surface area contributed by atoms with Crippen LogP contribution >= 0.6 is 0 Å². The molecule has 0 amide bonds. The van der Waals surface area contributed by atoms with Crippen molar-refractivity contribution in [1.82, 2.24) is 0 Å². The Labute approximate surface area is 37.2 Å². The molecule has 36 valence electrons. The minimum atomic E-state index is -3.38. The molecule has 2 radical (unpaired) electrons. The van der Waals surface area contributed by atoms with Crippen LogP contribution in [-0.2, 0) is 10.0 Å². The largest absolute Gasteiger partial charge is 0.229 e. The molecule has 6 heavy (non-hydrogen) atoms. The van der Waals surface area contributed by atoms with E-state index in [9.17, 15) is 8.42 Å². The van der Waals surface area contributed by atoms with E-state index in [4.69, 9.17) is 0 Å². The Balaban J connectivity index is 3.85. The molecule has 4 heteroatoms. The van der Waals surface area contributed by atoms with Gasteiger partial charge in [0.25, 0.3) is 0 Å². The van der Waals surface area contributed by atoms with Gasteiger partial charge in [0, 0.05) is 0 Å². The molecule has 2 N–H and O–H groups in total. The third-order valence-electron chi connectivity index (χ3n) is 0.232. The molecule has 0 fully saturated rings. The standard InChI is InChI=1S/C2H5NO2S/c1-2-6(3,4)5/h1H,2H2,(H2,3,4,5). The van der Waals surface area contributed by atoms with Crippen molar-refractivity contribution in [3.63, 3.8) is 0 Å². The van der Waals surface area contributed by atoms with Gasteiger partial charge in [-0.1, -0.05) is 0 Å². The molecule has 0 heterocycles. The summed E-state index contributed by atoms with van der Waals surface area (Å²) in [5.74, 6) is -0.479. The Hall–Kier alpha value is -0.0900. The average molecular weight is 107 g/mol. The molecular weight excluding hydrogens is 102 g/mol. The van der Waals surface area contributed by atoms with Crippen molar-refractivity contribution in [2.45, 2.75) is 0 Å². The van der Waals surface area contributed by atoms with E-state index in [0.29, 0.717) is 0 Å². The molecule has 0 aliphatic carbocycles. The molecule has 0 aliphatic rings. The van der Waals surface area contributed by atoms with Crippen molar-refractivity contribution < 1.29 is 8.42 Å². The third kappa shape index (κ3) is 3.91. The van der Waals surface area contributed by atoms with E-state index in [0.717, 1.165) is 0 Å². The molecule has 0 atom stereocenters. The zero-order chi connectivity index (χ0) is 5.21. The predicted molar refractivity (Wildman–Crippen MR) is 22.3 cm³/mol. The molecule has 0 saturated heterocycles. The maximum Gasteiger partial charge on any atom is 0.209 e. The first-order valence-corrected chi connectivity index (χ1v) is 2.98. The Kier molecular flexibility index (Phi) is 1.55. The molecule has 0 unspecified atom stereocenters. The Morgan fingerprint density at radius 2 is 1.83 bits per heavy atom. The summed E-state index contributed by atoms with van der Waals surface area (Å²) >= 11 is 0. The summed E-state index contributed by atoms with van der Waals surface area (Å²) < 4.78 is 19.3. The van der Waals surface area contributed by atoms with Gasteiger partial charge < -0.3 is 0 Å². The summed E-state index contributed by atoms with van der Waals surface area (Å²) in [6.07, 6.45) is 0. The first kappa shape index (κ1) is 5.91. The fourth-order valence-corrected chi connectivity index (χ4v) is 0. The van der Waals surface area contributed by atoms with E-state index in [1.54, 1.807) is 0 Å². The number of sulfonamides is 1. The second-order valence-electron chi connectivity index (χ2n) is 0.830. The third-order valence-corrected chi connectivity index (χ3v) is 0.697. The van der Waals surface area contributed by atoms with E-state index in [-0.39, 0.29) is 0 Å². The van der Waals surface area contributed by atoms with Gasteiger partial charge in [-0.05, 0) is 6.92 Å². The first-order chi connectivity index (χ1) is 2.56. The summed E-state index contributed by atoms with van der Waals surface area (Å²) in [5.41, 5.74) is 0. The molecule has 0 saturated carbocycles. The summed E-state index contributed by atoms with van der Waals surface area (Å²) in [5, 5.41) is 4.38. The molecule has 0 aliphatic heterocycles. The SMILES string of the molecule is [CH]CS(N)(=O)=O. The molecular formula is C2H5NO2S. The van der Waals surface area contributed by atoms with Crippen LogP contribution in [0.5, 0.6) is 0 Å². The fourth-order valence-electron chi connectivity index (χ4n) is 0. The van der Waals surface area contributed by atoms with E-state index < -0.39 is 15.8 Å². The van der Waals surface area contributed by atoms with Gasteiger partial charge in [-0.25, -0.2) is 13.6 Å². The first-order valence-electron chi connectivity index (χ1n) is 1.27. The number of hydrogen-bond donors (Lipinski definition) is 1. The average Bonchev–Trinajstić information content (AvgIpc) is 1.35. The van der Waals surface area contributed by atoms with E-state index in [1.807, 2.05) is 0 Å². The van der Waals surface area contributed by atoms with E-state index in [1.165, 1.54) is 0 Å². The highest BCUT2D eigenvalue weighted by Gasteiger charge is 1.91. The van der Waals surface area contributed by atoms with Crippen LogP contribution in [0.4, 0.5) is 0 Å². The quantitative estimate of drug-likeness (QED) is 0.466. The van der Waals surface area contributed by atoms with Gasteiger partial charge in [0.05, 0.1) is 5.75 Å². The van der Waals surface area contributed by atoms with Gasteiger partial charge in [-0.2, -0.15) is 0 Å². The number of hydrogen-bond acceptors (Lipinski definition) is 2. The van der Waals surface area contributed by atoms with Crippen LogP contribution in [0.2, 0.25) is 0 Å². The Bertz CT molecular complexity index is 114. The number of primary sulfonamides is 1. The summed E-state index contributed by atoms with van der Waals surface area (Å²) in [6, 6.07) is 0. The van der Waals surface area contributed by atoms with Crippen LogP contribution < -0.4 is 5.14 Å². The van der Waals surface area contributed by atoms with Crippen LogP contribution in [0.25, 0.3) is 0 Å². The van der Waals surface area contributed by atoms with Crippen LogP contribution in [0.1, 0.15) is 0 Å². The van der Waals surface area contributed by atoms with Crippen molar-refractivity contribution in [3.05, 3.63) is 6.92 Å². The maximum absolute atomic E-state index is 9.65. The van der Waals surface area contributed by atoms with Gasteiger partial charge in [0.1, 0.15) is 0 Å². The molecule has 0 aromatic heterocycles. The maximum atomic E-state index is 9.65. The van der Waals surface area contributed by atoms with Gasteiger partial charge in [-0.15, -0.1) is 0 Å². The number of nitrogens with two attached hydrogens (primary N) is 1. The minimum Gasteiger partial charge on any atom is -0.229 e. The van der Waals surface area contributed by atoms with Gasteiger partial charge >= 0.3 is 0 Å². The van der Waals surface area contributed by atoms with Gasteiger partial charge in [0.2, 0.25) is 10.0 Å². The summed E-state index contributed by atoms with van der Waals surface area (Å²) in [6.45, 7) is 4.59.